The highest BCUT2D eigenvalue weighted by Crippen LogP contribution is 2.30. The van der Waals surface area contributed by atoms with Crippen molar-refractivity contribution in [3.8, 4) is 5.75 Å². The lowest BCUT2D eigenvalue weighted by molar-refractivity contribution is 0.0549. The Bertz CT molecular complexity index is 327. The zero-order valence-electron chi connectivity index (χ0n) is 9.50. The van der Waals surface area contributed by atoms with Gasteiger partial charge in [0, 0.05) is 10.9 Å². The molecule has 0 aliphatic carbocycles. The molecule has 0 unspecified atom stereocenters. The van der Waals surface area contributed by atoms with Crippen LogP contribution in [0.4, 0.5) is 0 Å². The van der Waals surface area contributed by atoms with Crippen LogP contribution in [0.3, 0.4) is 0 Å². The average molecular weight is 352 g/mol. The maximum atomic E-state index is 5.71. The number of hydrogen-bond donors (Lipinski definition) is 0. The molecule has 0 saturated carbocycles. The van der Waals surface area contributed by atoms with E-state index in [-0.39, 0.29) is 6.10 Å². The van der Waals surface area contributed by atoms with Crippen LogP contribution in [-0.4, -0.2) is 19.3 Å². The van der Waals surface area contributed by atoms with Crippen LogP contribution in [0.15, 0.2) is 22.7 Å². The average Bonchev–Trinajstić information content (AvgIpc) is 2.25. The number of halogens is 2. The molecule has 4 heteroatoms. The molecule has 0 fully saturated rings. The van der Waals surface area contributed by atoms with Crippen molar-refractivity contribution < 1.29 is 9.47 Å². The van der Waals surface area contributed by atoms with E-state index in [1.807, 2.05) is 32.0 Å². The first-order valence-electron chi connectivity index (χ1n) is 5.23. The van der Waals surface area contributed by atoms with Crippen molar-refractivity contribution in [2.45, 2.75) is 25.3 Å². The van der Waals surface area contributed by atoms with Gasteiger partial charge in [0.2, 0.25) is 0 Å². The second-order valence-electron chi connectivity index (χ2n) is 3.63. The second kappa shape index (κ2) is 7.30. The van der Waals surface area contributed by atoms with Gasteiger partial charge in [0.25, 0.3) is 0 Å². The summed E-state index contributed by atoms with van der Waals surface area (Å²) in [6.07, 6.45) is 0.249. The first kappa shape index (κ1) is 14.0. The molecule has 1 rings (SSSR count). The fourth-order valence-electron chi connectivity index (χ4n) is 1.25. The van der Waals surface area contributed by atoms with Gasteiger partial charge in [-0.25, -0.2) is 0 Å². The Morgan fingerprint density at radius 1 is 1.25 bits per heavy atom. The zero-order valence-corrected chi connectivity index (χ0v) is 12.7. The van der Waals surface area contributed by atoms with Crippen LogP contribution in [0.2, 0.25) is 0 Å². The minimum absolute atomic E-state index is 0.249. The first-order valence-corrected chi connectivity index (χ1v) is 7.14. The standard InChI is InChI=1S/C12H16Br2O2/c1-9(2)15-6-7-16-12-10(8-13)4-3-5-11(12)14/h3-5,9H,6-8H2,1-2H3. The normalized spacial score (nSPS) is 10.8. The van der Waals surface area contributed by atoms with E-state index in [0.29, 0.717) is 13.2 Å². The van der Waals surface area contributed by atoms with Crippen molar-refractivity contribution in [3.63, 3.8) is 0 Å². The molecule has 1 aromatic rings. The number of hydrogen-bond acceptors (Lipinski definition) is 2. The first-order chi connectivity index (χ1) is 7.65. The summed E-state index contributed by atoms with van der Waals surface area (Å²) in [5, 5.41) is 0.785. The number of rotatable bonds is 6. The zero-order chi connectivity index (χ0) is 12.0. The summed E-state index contributed by atoms with van der Waals surface area (Å²) in [6.45, 7) is 5.21. The van der Waals surface area contributed by atoms with Gasteiger partial charge in [0.15, 0.2) is 0 Å². The van der Waals surface area contributed by atoms with Gasteiger partial charge in [-0.15, -0.1) is 0 Å². The summed E-state index contributed by atoms with van der Waals surface area (Å²) in [5.41, 5.74) is 1.14. The molecule has 0 atom stereocenters. The summed E-state index contributed by atoms with van der Waals surface area (Å²) < 4.78 is 12.1. The van der Waals surface area contributed by atoms with Crippen molar-refractivity contribution in [1.29, 1.82) is 0 Å². The highest BCUT2D eigenvalue weighted by molar-refractivity contribution is 9.10. The monoisotopic (exact) mass is 350 g/mol. The second-order valence-corrected chi connectivity index (χ2v) is 5.04. The molecule has 90 valence electrons. The maximum absolute atomic E-state index is 5.71. The molecule has 0 bridgehead atoms. The molecule has 0 aliphatic heterocycles. The van der Waals surface area contributed by atoms with Crippen molar-refractivity contribution in [2.24, 2.45) is 0 Å². The molecule has 0 radical (unpaired) electrons. The summed E-state index contributed by atoms with van der Waals surface area (Å²) >= 11 is 6.92. The smallest absolute Gasteiger partial charge is 0.137 e. The van der Waals surface area contributed by atoms with Gasteiger partial charge in [-0.3, -0.25) is 0 Å². The Hall–Kier alpha value is -0.0600. The fourth-order valence-corrected chi connectivity index (χ4v) is 2.21. The third kappa shape index (κ3) is 4.44. The molecule has 0 amide bonds. The highest BCUT2D eigenvalue weighted by atomic mass is 79.9. The molecule has 2 nitrogen and oxygen atoms in total. The van der Waals surface area contributed by atoms with Crippen LogP contribution in [0, 0.1) is 0 Å². The van der Waals surface area contributed by atoms with E-state index in [0.717, 1.165) is 21.1 Å². The van der Waals surface area contributed by atoms with E-state index in [2.05, 4.69) is 31.9 Å². The lowest BCUT2D eigenvalue weighted by Gasteiger charge is -2.13. The molecule has 0 heterocycles. The SMILES string of the molecule is CC(C)OCCOc1c(Br)cccc1CBr. The molecule has 16 heavy (non-hydrogen) atoms. The molecule has 1 aromatic carbocycles. The van der Waals surface area contributed by atoms with Crippen molar-refractivity contribution >= 4 is 31.9 Å². The van der Waals surface area contributed by atoms with E-state index in [1.54, 1.807) is 0 Å². The van der Waals surface area contributed by atoms with Crippen molar-refractivity contribution in [1.82, 2.24) is 0 Å². The molecule has 0 spiro atoms. The maximum Gasteiger partial charge on any atom is 0.137 e. The number of ether oxygens (including phenoxy) is 2. The molecule has 0 N–H and O–H groups in total. The predicted octanol–water partition coefficient (Wildman–Crippen LogP) is 4.15. The van der Waals surface area contributed by atoms with E-state index < -0.39 is 0 Å². The van der Waals surface area contributed by atoms with Crippen LogP contribution in [0.1, 0.15) is 19.4 Å². The highest BCUT2D eigenvalue weighted by Gasteiger charge is 2.06. The largest absolute Gasteiger partial charge is 0.490 e. The van der Waals surface area contributed by atoms with Gasteiger partial charge >= 0.3 is 0 Å². The van der Waals surface area contributed by atoms with Gasteiger partial charge < -0.3 is 9.47 Å². The van der Waals surface area contributed by atoms with Crippen LogP contribution in [0.5, 0.6) is 5.75 Å². The molecule has 0 aromatic heterocycles. The lowest BCUT2D eigenvalue weighted by atomic mass is 10.2. The van der Waals surface area contributed by atoms with Crippen molar-refractivity contribution in [3.05, 3.63) is 28.2 Å². The van der Waals surface area contributed by atoms with Crippen molar-refractivity contribution in [2.75, 3.05) is 13.2 Å². The minimum Gasteiger partial charge on any atom is -0.490 e. The summed E-state index contributed by atoms with van der Waals surface area (Å²) in [6, 6.07) is 6.01. The number of benzene rings is 1. The van der Waals surface area contributed by atoms with Gasteiger partial charge in [-0.1, -0.05) is 28.1 Å². The van der Waals surface area contributed by atoms with Gasteiger partial charge in [0.1, 0.15) is 12.4 Å². The lowest BCUT2D eigenvalue weighted by Crippen LogP contribution is -2.12. The Labute approximate surface area is 114 Å². The minimum atomic E-state index is 0.249. The number of para-hydroxylation sites is 1. The quantitative estimate of drug-likeness (QED) is 0.566. The Balaban J connectivity index is 2.52. The summed E-state index contributed by atoms with van der Waals surface area (Å²) in [4.78, 5) is 0. The molecular formula is C12H16Br2O2. The van der Waals surface area contributed by atoms with E-state index in [9.17, 15) is 0 Å². The Morgan fingerprint density at radius 3 is 2.62 bits per heavy atom. The summed E-state index contributed by atoms with van der Waals surface area (Å²) in [7, 11) is 0. The van der Waals surface area contributed by atoms with Crippen LogP contribution >= 0.6 is 31.9 Å². The van der Waals surface area contributed by atoms with Gasteiger partial charge in [-0.2, -0.15) is 0 Å². The van der Waals surface area contributed by atoms with E-state index in [1.165, 1.54) is 0 Å². The third-order valence-corrected chi connectivity index (χ3v) is 3.20. The van der Waals surface area contributed by atoms with Crippen LogP contribution < -0.4 is 4.74 Å². The van der Waals surface area contributed by atoms with E-state index >= 15 is 0 Å². The summed E-state index contributed by atoms with van der Waals surface area (Å²) in [5.74, 6) is 0.895. The van der Waals surface area contributed by atoms with Gasteiger partial charge in [-0.05, 0) is 35.8 Å². The fraction of sp³-hybridized carbons (Fsp3) is 0.500. The molecule has 0 saturated heterocycles. The van der Waals surface area contributed by atoms with Gasteiger partial charge in [0.05, 0.1) is 17.2 Å². The predicted molar refractivity (Wildman–Crippen MR) is 73.4 cm³/mol. The molecular weight excluding hydrogens is 336 g/mol. The Morgan fingerprint density at radius 2 is 2.00 bits per heavy atom. The third-order valence-electron chi connectivity index (χ3n) is 1.97. The Kier molecular flexibility index (Phi) is 6.39. The van der Waals surface area contributed by atoms with Crippen LogP contribution in [-0.2, 0) is 10.1 Å². The topological polar surface area (TPSA) is 18.5 Å². The van der Waals surface area contributed by atoms with E-state index in [4.69, 9.17) is 9.47 Å². The molecule has 0 aliphatic rings. The number of alkyl halides is 1. The van der Waals surface area contributed by atoms with Crippen LogP contribution in [0.25, 0.3) is 0 Å².